The Morgan fingerprint density at radius 1 is 0.857 bits per heavy atom. The molecule has 0 radical (unpaired) electrons. The van der Waals surface area contributed by atoms with Gasteiger partial charge in [0.1, 0.15) is 12.3 Å². The molecule has 2 N–H and O–H groups in total. The highest BCUT2D eigenvalue weighted by Crippen LogP contribution is 2.20. The van der Waals surface area contributed by atoms with Gasteiger partial charge >= 0.3 is 0 Å². The van der Waals surface area contributed by atoms with Crippen LogP contribution in [0.1, 0.15) is 19.4 Å². The zero-order chi connectivity index (χ0) is 25.3. The molecule has 0 bridgehead atoms. The molecular formula is C26H28N4O4S. The van der Waals surface area contributed by atoms with Crippen LogP contribution in [0, 0.1) is 5.92 Å². The lowest BCUT2D eigenvalue weighted by Crippen LogP contribution is -2.52. The molecule has 0 spiro atoms. The molecule has 0 fully saturated rings. The fourth-order valence-corrected chi connectivity index (χ4v) is 4.65. The highest BCUT2D eigenvalue weighted by atomic mass is 32.2. The van der Waals surface area contributed by atoms with Gasteiger partial charge in [0, 0.05) is 0 Å². The van der Waals surface area contributed by atoms with E-state index in [0.29, 0.717) is 24.1 Å². The normalized spacial score (nSPS) is 13.5. The van der Waals surface area contributed by atoms with Crippen LogP contribution in [0.4, 0.5) is 11.4 Å². The molecule has 2 atom stereocenters. The van der Waals surface area contributed by atoms with Crippen molar-refractivity contribution >= 4 is 33.6 Å². The van der Waals surface area contributed by atoms with Gasteiger partial charge in [-0.05, 0) is 54.3 Å². The van der Waals surface area contributed by atoms with Gasteiger partial charge < -0.3 is 10.1 Å². The molecule has 0 saturated heterocycles. The quantitative estimate of drug-likeness (QED) is 0.306. The molecule has 0 aromatic heterocycles. The number of carbonyl (C=O) groups is 2. The first-order chi connectivity index (χ1) is 16.8. The Morgan fingerprint density at radius 3 is 1.94 bits per heavy atom. The first-order valence-electron chi connectivity index (χ1n) is 11.2. The minimum atomic E-state index is -4.01. The van der Waals surface area contributed by atoms with E-state index in [9.17, 15) is 18.0 Å². The molecule has 182 valence electrons. The summed E-state index contributed by atoms with van der Waals surface area (Å²) in [6.07, 6.45) is 0.964. The lowest BCUT2D eigenvalue weighted by atomic mass is 10.0. The predicted molar refractivity (Wildman–Crippen MR) is 134 cm³/mol. The highest BCUT2D eigenvalue weighted by Gasteiger charge is 2.29. The SMILES string of the molecule is CC(C)[C@H](NS(=O)(=O)c1ccc(N=Nc2ccccc2)cc1)C(=O)N[C@H](C=O)Cc1ccccc1. The maximum Gasteiger partial charge on any atom is 0.241 e. The van der Waals surface area contributed by atoms with Crippen LogP contribution >= 0.6 is 0 Å². The number of rotatable bonds is 11. The van der Waals surface area contributed by atoms with Crippen molar-refractivity contribution in [3.8, 4) is 0 Å². The summed E-state index contributed by atoms with van der Waals surface area (Å²) in [5.74, 6) is -0.919. The second-order valence-corrected chi connectivity index (χ2v) is 10.0. The maximum atomic E-state index is 13.0. The van der Waals surface area contributed by atoms with Crippen LogP contribution in [-0.4, -0.2) is 32.7 Å². The molecule has 0 heterocycles. The molecule has 0 saturated carbocycles. The lowest BCUT2D eigenvalue weighted by Gasteiger charge is -2.23. The van der Waals surface area contributed by atoms with Crippen molar-refractivity contribution in [2.75, 3.05) is 0 Å². The highest BCUT2D eigenvalue weighted by molar-refractivity contribution is 7.89. The molecule has 0 aliphatic heterocycles. The number of hydrogen-bond donors (Lipinski definition) is 2. The fraction of sp³-hybridized carbons (Fsp3) is 0.231. The van der Waals surface area contributed by atoms with Gasteiger partial charge in [-0.3, -0.25) is 4.79 Å². The number of hydrogen-bond acceptors (Lipinski definition) is 6. The van der Waals surface area contributed by atoms with E-state index in [0.717, 1.165) is 5.56 Å². The standard InChI is InChI=1S/C26H28N4O4S/c1-19(2)25(26(32)27-23(18-31)17-20-9-5-3-6-10-20)30-35(33,34)24-15-13-22(14-16-24)29-28-21-11-7-4-8-12-21/h3-16,18-19,23,25,30H,17H2,1-2H3,(H,27,32)/t23-,25-/m0/s1. The van der Waals surface area contributed by atoms with Gasteiger partial charge in [-0.25, -0.2) is 8.42 Å². The van der Waals surface area contributed by atoms with Gasteiger partial charge in [-0.15, -0.1) is 0 Å². The van der Waals surface area contributed by atoms with Crippen LogP contribution in [0.2, 0.25) is 0 Å². The van der Waals surface area contributed by atoms with Crippen LogP contribution in [-0.2, 0) is 26.0 Å². The predicted octanol–water partition coefficient (Wildman–Crippen LogP) is 4.33. The third-order valence-corrected chi connectivity index (χ3v) is 6.66. The van der Waals surface area contributed by atoms with Crippen LogP contribution in [0.15, 0.2) is 100 Å². The molecular weight excluding hydrogens is 464 g/mol. The number of amides is 1. The zero-order valence-electron chi connectivity index (χ0n) is 19.5. The summed E-state index contributed by atoms with van der Waals surface area (Å²) < 4.78 is 28.4. The van der Waals surface area contributed by atoms with Crippen molar-refractivity contribution in [2.24, 2.45) is 16.1 Å². The molecule has 1 amide bonds. The smallest absolute Gasteiger partial charge is 0.241 e. The van der Waals surface area contributed by atoms with E-state index in [1.807, 2.05) is 48.5 Å². The molecule has 9 heteroatoms. The summed E-state index contributed by atoms with van der Waals surface area (Å²) in [5.41, 5.74) is 2.05. The van der Waals surface area contributed by atoms with Gasteiger partial charge in [-0.1, -0.05) is 62.4 Å². The number of aldehydes is 1. The molecule has 0 aliphatic carbocycles. The fourth-order valence-electron chi connectivity index (χ4n) is 3.30. The van der Waals surface area contributed by atoms with Crippen LogP contribution in [0.5, 0.6) is 0 Å². The van der Waals surface area contributed by atoms with Gasteiger partial charge in [-0.2, -0.15) is 15.0 Å². The number of azo groups is 1. The maximum absolute atomic E-state index is 13.0. The number of nitrogens with zero attached hydrogens (tertiary/aromatic N) is 2. The summed E-state index contributed by atoms with van der Waals surface area (Å²) in [5, 5.41) is 10.9. The molecule has 0 unspecified atom stereocenters. The Balaban J connectivity index is 1.68. The third kappa shape index (κ3) is 7.66. The second-order valence-electron chi connectivity index (χ2n) is 8.31. The molecule has 3 aromatic rings. The summed E-state index contributed by atoms with van der Waals surface area (Å²) >= 11 is 0. The summed E-state index contributed by atoms with van der Waals surface area (Å²) in [7, 11) is -4.01. The van der Waals surface area contributed by atoms with Crippen LogP contribution < -0.4 is 10.0 Å². The average Bonchev–Trinajstić information content (AvgIpc) is 2.87. The van der Waals surface area contributed by atoms with E-state index in [-0.39, 0.29) is 10.8 Å². The summed E-state index contributed by atoms with van der Waals surface area (Å²) in [4.78, 5) is 24.4. The first kappa shape index (κ1) is 25.9. The van der Waals surface area contributed by atoms with Gasteiger partial charge in [0.05, 0.1) is 22.3 Å². The van der Waals surface area contributed by atoms with E-state index >= 15 is 0 Å². The van der Waals surface area contributed by atoms with Gasteiger partial charge in [0.2, 0.25) is 15.9 Å². The topological polar surface area (TPSA) is 117 Å². The van der Waals surface area contributed by atoms with Crippen molar-refractivity contribution in [2.45, 2.75) is 37.2 Å². The van der Waals surface area contributed by atoms with Crippen molar-refractivity contribution in [1.82, 2.24) is 10.0 Å². The van der Waals surface area contributed by atoms with E-state index in [1.165, 1.54) is 24.3 Å². The second kappa shape index (κ2) is 12.1. The van der Waals surface area contributed by atoms with Gasteiger partial charge in [0.25, 0.3) is 0 Å². The largest absolute Gasteiger partial charge is 0.345 e. The Bertz CT molecular complexity index is 1250. The van der Waals surface area contributed by atoms with Gasteiger partial charge in [0.15, 0.2) is 0 Å². The molecule has 35 heavy (non-hydrogen) atoms. The lowest BCUT2D eigenvalue weighted by molar-refractivity contribution is -0.126. The minimum Gasteiger partial charge on any atom is -0.345 e. The zero-order valence-corrected chi connectivity index (χ0v) is 20.4. The van der Waals surface area contributed by atoms with Crippen molar-refractivity contribution < 1.29 is 18.0 Å². The Labute approximate surface area is 205 Å². The number of nitrogens with one attached hydrogen (secondary N) is 2. The van der Waals surface area contributed by atoms with Crippen LogP contribution in [0.3, 0.4) is 0 Å². The molecule has 3 rings (SSSR count). The number of sulfonamides is 1. The number of benzene rings is 3. The Hall–Kier alpha value is -3.69. The first-order valence-corrected chi connectivity index (χ1v) is 12.7. The third-order valence-electron chi connectivity index (χ3n) is 5.21. The molecule has 8 nitrogen and oxygen atoms in total. The molecule has 3 aromatic carbocycles. The van der Waals surface area contributed by atoms with Crippen LogP contribution in [0.25, 0.3) is 0 Å². The van der Waals surface area contributed by atoms with Crippen molar-refractivity contribution in [3.63, 3.8) is 0 Å². The van der Waals surface area contributed by atoms with E-state index in [4.69, 9.17) is 0 Å². The van der Waals surface area contributed by atoms with E-state index in [2.05, 4.69) is 20.3 Å². The monoisotopic (exact) mass is 492 g/mol. The van der Waals surface area contributed by atoms with Crippen molar-refractivity contribution in [1.29, 1.82) is 0 Å². The molecule has 0 aliphatic rings. The summed E-state index contributed by atoms with van der Waals surface area (Å²) in [6, 6.07) is 22.5. The Kier molecular flexibility index (Phi) is 8.99. The minimum absolute atomic E-state index is 0.00849. The van der Waals surface area contributed by atoms with E-state index in [1.54, 1.807) is 26.0 Å². The average molecular weight is 493 g/mol. The number of carbonyl (C=O) groups excluding carboxylic acids is 2. The Morgan fingerprint density at radius 2 is 1.40 bits per heavy atom. The van der Waals surface area contributed by atoms with Crippen molar-refractivity contribution in [3.05, 3.63) is 90.5 Å². The summed E-state index contributed by atoms with van der Waals surface area (Å²) in [6.45, 7) is 3.46. The van der Waals surface area contributed by atoms with E-state index < -0.39 is 28.0 Å².